The molecular weight excluding hydrogens is 406 g/mol. The van der Waals surface area contributed by atoms with Gasteiger partial charge >= 0.3 is 5.69 Å². The molecule has 0 spiro atoms. The fraction of sp³-hybridized carbons (Fsp3) is 0.526. The predicted octanol–water partition coefficient (Wildman–Crippen LogP) is 0.630. The minimum Gasteiger partial charge on any atom is -0.372 e. The summed E-state index contributed by atoms with van der Waals surface area (Å²) in [5.41, 5.74) is 0.0866. The van der Waals surface area contributed by atoms with Gasteiger partial charge in [0.15, 0.2) is 16.3 Å². The molecule has 2 atom stereocenters. The summed E-state index contributed by atoms with van der Waals surface area (Å²) in [4.78, 5) is 40.8. The zero-order chi connectivity index (χ0) is 21.4. The molecular formula is C19H25N7O3S. The molecule has 0 unspecified atom stereocenters. The van der Waals surface area contributed by atoms with E-state index in [1.54, 1.807) is 25.5 Å². The topological polar surface area (TPSA) is 100 Å². The standard InChI is InChI=1S/C19H25N7O3S/c1-12-10-25(11-13(2)29-12)18-22-15-14(16(27)24(4)19(28)23(15)3)26(18)8-9-30-17-20-6-5-7-21-17/h5-7,12-13H,8-11H2,1-4H3/t12-,13+. The number of hydrogen-bond acceptors (Lipinski definition) is 8. The molecule has 1 aliphatic rings. The molecule has 0 amide bonds. The van der Waals surface area contributed by atoms with Gasteiger partial charge in [-0.15, -0.1) is 0 Å². The largest absolute Gasteiger partial charge is 0.372 e. The number of thioether (sulfide) groups is 1. The molecule has 1 fully saturated rings. The number of aryl methyl sites for hydroxylation is 2. The molecule has 0 radical (unpaired) electrons. The third-order valence-electron chi connectivity index (χ3n) is 5.12. The molecule has 10 nitrogen and oxygen atoms in total. The Hall–Kier alpha value is -2.66. The maximum atomic E-state index is 13.0. The SMILES string of the molecule is C[C@@H]1CN(c2nc3c(c(=O)n(C)c(=O)n3C)n2CCSc2ncccn2)C[C@H](C)O1. The van der Waals surface area contributed by atoms with Crippen LogP contribution >= 0.6 is 11.8 Å². The van der Waals surface area contributed by atoms with E-state index in [4.69, 9.17) is 9.72 Å². The van der Waals surface area contributed by atoms with Crippen LogP contribution in [0.4, 0.5) is 5.95 Å². The Labute approximate surface area is 177 Å². The normalized spacial score (nSPS) is 19.5. The number of nitrogens with zero attached hydrogens (tertiary/aromatic N) is 7. The van der Waals surface area contributed by atoms with Gasteiger partial charge in [-0.3, -0.25) is 13.9 Å². The van der Waals surface area contributed by atoms with E-state index in [2.05, 4.69) is 14.9 Å². The van der Waals surface area contributed by atoms with Crippen molar-refractivity contribution in [3.05, 3.63) is 39.3 Å². The molecule has 11 heteroatoms. The lowest BCUT2D eigenvalue weighted by molar-refractivity contribution is -0.00586. The maximum absolute atomic E-state index is 13.0. The second-order valence-electron chi connectivity index (χ2n) is 7.48. The van der Waals surface area contributed by atoms with E-state index >= 15 is 0 Å². The molecule has 3 aromatic rings. The van der Waals surface area contributed by atoms with Crippen LogP contribution in [0.5, 0.6) is 0 Å². The van der Waals surface area contributed by atoms with E-state index in [1.807, 2.05) is 18.4 Å². The van der Waals surface area contributed by atoms with Gasteiger partial charge < -0.3 is 14.2 Å². The first kappa shape index (κ1) is 20.6. The minimum absolute atomic E-state index is 0.0424. The summed E-state index contributed by atoms with van der Waals surface area (Å²) in [5, 5.41) is 0.678. The number of ether oxygens (including phenoxy) is 1. The second-order valence-corrected chi connectivity index (χ2v) is 8.55. The van der Waals surface area contributed by atoms with Crippen molar-refractivity contribution >= 4 is 28.9 Å². The molecule has 0 N–H and O–H groups in total. The van der Waals surface area contributed by atoms with Gasteiger partial charge in [-0.2, -0.15) is 4.98 Å². The van der Waals surface area contributed by atoms with Crippen LogP contribution in [-0.2, 0) is 25.4 Å². The van der Waals surface area contributed by atoms with Crippen molar-refractivity contribution in [2.24, 2.45) is 14.1 Å². The fourth-order valence-corrected chi connectivity index (χ4v) is 4.54. The number of rotatable bonds is 5. The molecule has 1 aliphatic heterocycles. The van der Waals surface area contributed by atoms with Crippen LogP contribution in [0.3, 0.4) is 0 Å². The van der Waals surface area contributed by atoms with Crippen molar-refractivity contribution in [3.8, 4) is 0 Å². The lowest BCUT2D eigenvalue weighted by Crippen LogP contribution is -2.46. The van der Waals surface area contributed by atoms with Crippen molar-refractivity contribution in [1.82, 2.24) is 28.7 Å². The Morgan fingerprint density at radius 2 is 1.77 bits per heavy atom. The quantitative estimate of drug-likeness (QED) is 0.428. The Morgan fingerprint density at radius 3 is 2.43 bits per heavy atom. The number of fused-ring (bicyclic) bond motifs is 1. The van der Waals surface area contributed by atoms with Crippen LogP contribution in [0.15, 0.2) is 33.2 Å². The summed E-state index contributed by atoms with van der Waals surface area (Å²) in [6.07, 6.45) is 3.49. The van der Waals surface area contributed by atoms with E-state index in [-0.39, 0.29) is 23.5 Å². The van der Waals surface area contributed by atoms with Crippen LogP contribution in [0.1, 0.15) is 13.8 Å². The van der Waals surface area contributed by atoms with E-state index < -0.39 is 0 Å². The van der Waals surface area contributed by atoms with Crippen molar-refractivity contribution in [3.63, 3.8) is 0 Å². The Morgan fingerprint density at radius 1 is 1.10 bits per heavy atom. The minimum atomic E-state index is -0.389. The average Bonchev–Trinajstić information content (AvgIpc) is 3.10. The van der Waals surface area contributed by atoms with Gasteiger partial charge in [-0.1, -0.05) is 11.8 Å². The van der Waals surface area contributed by atoms with Gasteiger partial charge in [-0.05, 0) is 19.9 Å². The van der Waals surface area contributed by atoms with E-state index in [1.165, 1.54) is 23.4 Å². The van der Waals surface area contributed by atoms with Crippen LogP contribution < -0.4 is 16.1 Å². The Bertz CT molecular complexity index is 1160. The second kappa shape index (κ2) is 8.23. The Kier molecular flexibility index (Phi) is 5.65. The third kappa shape index (κ3) is 3.74. The molecule has 3 aromatic heterocycles. The molecule has 30 heavy (non-hydrogen) atoms. The zero-order valence-corrected chi connectivity index (χ0v) is 18.3. The lowest BCUT2D eigenvalue weighted by Gasteiger charge is -2.36. The molecule has 1 saturated heterocycles. The smallest absolute Gasteiger partial charge is 0.332 e. The molecule has 4 heterocycles. The highest BCUT2D eigenvalue weighted by molar-refractivity contribution is 7.99. The summed E-state index contributed by atoms with van der Waals surface area (Å²) < 4.78 is 10.3. The van der Waals surface area contributed by atoms with Gasteiger partial charge in [-0.25, -0.2) is 14.8 Å². The first-order valence-corrected chi connectivity index (χ1v) is 10.8. The van der Waals surface area contributed by atoms with Crippen LogP contribution in [0, 0.1) is 0 Å². The lowest BCUT2D eigenvalue weighted by atomic mass is 10.2. The maximum Gasteiger partial charge on any atom is 0.332 e. The molecule has 0 aliphatic carbocycles. The summed E-state index contributed by atoms with van der Waals surface area (Å²) in [7, 11) is 3.13. The predicted molar refractivity (Wildman–Crippen MR) is 115 cm³/mol. The molecule has 0 saturated carbocycles. The fourth-order valence-electron chi connectivity index (χ4n) is 3.82. The number of imidazole rings is 1. The van der Waals surface area contributed by atoms with Crippen LogP contribution in [-0.4, -0.2) is 59.7 Å². The highest BCUT2D eigenvalue weighted by atomic mass is 32.2. The average molecular weight is 432 g/mol. The summed E-state index contributed by atoms with van der Waals surface area (Å²) in [6.45, 7) is 5.90. The number of morpholine rings is 1. The van der Waals surface area contributed by atoms with Crippen LogP contribution in [0.25, 0.3) is 11.2 Å². The molecule has 0 bridgehead atoms. The molecule has 0 aromatic carbocycles. The number of aromatic nitrogens is 6. The highest BCUT2D eigenvalue weighted by Gasteiger charge is 2.28. The number of hydrogen-bond donors (Lipinski definition) is 0. The summed E-state index contributed by atoms with van der Waals surface area (Å²) in [6, 6.07) is 1.77. The van der Waals surface area contributed by atoms with Gasteiger partial charge in [0.05, 0.1) is 12.2 Å². The van der Waals surface area contributed by atoms with Crippen molar-refractivity contribution in [2.75, 3.05) is 23.7 Å². The van der Waals surface area contributed by atoms with E-state index in [9.17, 15) is 9.59 Å². The summed E-state index contributed by atoms with van der Waals surface area (Å²) >= 11 is 1.51. The van der Waals surface area contributed by atoms with Gasteiger partial charge in [0.1, 0.15) is 0 Å². The van der Waals surface area contributed by atoms with E-state index in [0.29, 0.717) is 47.7 Å². The van der Waals surface area contributed by atoms with E-state index in [0.717, 1.165) is 4.57 Å². The first-order valence-electron chi connectivity index (χ1n) is 9.83. The van der Waals surface area contributed by atoms with Crippen molar-refractivity contribution in [2.45, 2.75) is 37.8 Å². The zero-order valence-electron chi connectivity index (χ0n) is 17.5. The van der Waals surface area contributed by atoms with Gasteiger partial charge in [0.2, 0.25) is 5.95 Å². The highest BCUT2D eigenvalue weighted by Crippen LogP contribution is 2.24. The van der Waals surface area contributed by atoms with Crippen LogP contribution in [0.2, 0.25) is 0 Å². The third-order valence-corrected chi connectivity index (χ3v) is 5.97. The van der Waals surface area contributed by atoms with Gasteiger partial charge in [0, 0.05) is 51.9 Å². The number of anilines is 1. The molecule has 160 valence electrons. The molecule has 4 rings (SSSR count). The van der Waals surface area contributed by atoms with Crippen molar-refractivity contribution in [1.29, 1.82) is 0 Å². The first-order chi connectivity index (χ1) is 14.4. The monoisotopic (exact) mass is 431 g/mol. The van der Waals surface area contributed by atoms with Crippen molar-refractivity contribution < 1.29 is 4.74 Å². The summed E-state index contributed by atoms with van der Waals surface area (Å²) in [5.74, 6) is 1.34. The van der Waals surface area contributed by atoms with Gasteiger partial charge in [0.25, 0.3) is 5.56 Å². The Balaban J connectivity index is 1.78.